The molecule has 0 spiro atoms. The number of ether oxygens (including phenoxy) is 1. The van der Waals surface area contributed by atoms with E-state index in [0.29, 0.717) is 25.4 Å². The van der Waals surface area contributed by atoms with Crippen molar-refractivity contribution < 1.29 is 24.2 Å². The maximum atomic E-state index is 11.8. The van der Waals surface area contributed by atoms with Crippen molar-refractivity contribution in [1.82, 2.24) is 0 Å². The summed E-state index contributed by atoms with van der Waals surface area (Å²) in [5.74, 6) is -0.689. The van der Waals surface area contributed by atoms with E-state index in [9.17, 15) is 14.4 Å². The minimum atomic E-state index is -0.885. The molecule has 1 atom stereocenters. The second-order valence-electron chi connectivity index (χ2n) is 7.43. The van der Waals surface area contributed by atoms with Crippen molar-refractivity contribution in [3.63, 3.8) is 0 Å². The van der Waals surface area contributed by atoms with Gasteiger partial charge in [-0.3, -0.25) is 9.59 Å². The number of carbonyl (C=O) groups excluding carboxylic acids is 2. The zero-order chi connectivity index (χ0) is 19.8. The molecular weight excluding hydrogens is 332 g/mol. The highest BCUT2D eigenvalue weighted by Gasteiger charge is 2.17. The zero-order valence-corrected chi connectivity index (χ0v) is 16.7. The van der Waals surface area contributed by atoms with Crippen molar-refractivity contribution in [2.75, 3.05) is 6.61 Å². The summed E-state index contributed by atoms with van der Waals surface area (Å²) < 4.78 is 5.18. The Balaban J connectivity index is 4.00. The van der Waals surface area contributed by atoms with Crippen LogP contribution in [-0.4, -0.2) is 29.4 Å². The quantitative estimate of drug-likeness (QED) is 0.237. The van der Waals surface area contributed by atoms with Gasteiger partial charge in [0.1, 0.15) is 5.78 Å². The second kappa shape index (κ2) is 15.6. The number of carboxylic acids is 1. The third-order valence-electron chi connectivity index (χ3n) is 4.16. The standard InChI is InChI=1S/C21H36O5/c1-17(2)13-14-26-21(25)16-19(15-20(23)24)12-10-8-6-4-5-7-9-11-18(3)22/h8,10,17,19H,4-7,9,11-16H2,1-3H3,(H,23,24)/b10-8+. The molecule has 0 rings (SSSR count). The summed E-state index contributed by atoms with van der Waals surface area (Å²) in [6.07, 6.45) is 11.4. The molecule has 0 saturated carbocycles. The molecular formula is C21H36O5. The van der Waals surface area contributed by atoms with Gasteiger partial charge in [0.2, 0.25) is 0 Å². The van der Waals surface area contributed by atoms with E-state index in [2.05, 4.69) is 19.9 Å². The lowest BCUT2D eigenvalue weighted by atomic mass is 9.97. The van der Waals surface area contributed by atoms with Crippen LogP contribution in [-0.2, 0) is 19.1 Å². The minimum absolute atomic E-state index is 0.0192. The average molecular weight is 369 g/mol. The van der Waals surface area contributed by atoms with E-state index in [-0.39, 0.29) is 30.5 Å². The monoisotopic (exact) mass is 368 g/mol. The molecule has 0 radical (unpaired) electrons. The maximum absolute atomic E-state index is 11.8. The van der Waals surface area contributed by atoms with E-state index in [1.54, 1.807) is 6.92 Å². The smallest absolute Gasteiger partial charge is 0.306 e. The molecule has 0 aliphatic carbocycles. The topological polar surface area (TPSA) is 80.7 Å². The van der Waals surface area contributed by atoms with Crippen molar-refractivity contribution in [3.8, 4) is 0 Å². The van der Waals surface area contributed by atoms with E-state index >= 15 is 0 Å². The number of unbranched alkanes of at least 4 members (excludes halogenated alkanes) is 4. The van der Waals surface area contributed by atoms with Crippen LogP contribution in [0.4, 0.5) is 0 Å². The molecule has 1 unspecified atom stereocenters. The number of carbonyl (C=O) groups is 3. The van der Waals surface area contributed by atoms with Crippen LogP contribution < -0.4 is 0 Å². The molecule has 0 amide bonds. The zero-order valence-electron chi connectivity index (χ0n) is 16.7. The number of hydrogen-bond donors (Lipinski definition) is 1. The highest BCUT2D eigenvalue weighted by Crippen LogP contribution is 2.16. The molecule has 0 aromatic heterocycles. The maximum Gasteiger partial charge on any atom is 0.306 e. The third kappa shape index (κ3) is 17.2. The number of aliphatic carboxylic acids is 1. The van der Waals surface area contributed by atoms with Crippen LogP contribution in [0.3, 0.4) is 0 Å². The van der Waals surface area contributed by atoms with Crippen molar-refractivity contribution in [2.45, 2.75) is 85.0 Å². The van der Waals surface area contributed by atoms with Crippen LogP contribution in [0.15, 0.2) is 12.2 Å². The summed E-state index contributed by atoms with van der Waals surface area (Å²) in [5, 5.41) is 9.01. The molecule has 0 aliphatic heterocycles. The molecule has 0 aliphatic rings. The van der Waals surface area contributed by atoms with Crippen LogP contribution in [0.25, 0.3) is 0 Å². The highest BCUT2D eigenvalue weighted by atomic mass is 16.5. The van der Waals surface area contributed by atoms with E-state index in [0.717, 1.165) is 38.5 Å². The Bertz CT molecular complexity index is 440. The first-order valence-electron chi connectivity index (χ1n) is 9.83. The molecule has 0 aromatic carbocycles. The second-order valence-corrected chi connectivity index (χ2v) is 7.43. The van der Waals surface area contributed by atoms with Crippen molar-refractivity contribution in [3.05, 3.63) is 12.2 Å². The van der Waals surface area contributed by atoms with Gasteiger partial charge in [0.15, 0.2) is 0 Å². The Hall–Kier alpha value is -1.65. The predicted octanol–water partition coefficient (Wildman–Crippen LogP) is 4.93. The first-order chi connectivity index (χ1) is 12.3. The summed E-state index contributed by atoms with van der Waals surface area (Å²) in [5.41, 5.74) is 0. The van der Waals surface area contributed by atoms with Gasteiger partial charge in [0.05, 0.1) is 6.61 Å². The van der Waals surface area contributed by atoms with E-state index in [1.807, 2.05) is 6.08 Å². The summed E-state index contributed by atoms with van der Waals surface area (Å²) in [4.78, 5) is 33.7. The van der Waals surface area contributed by atoms with Gasteiger partial charge in [-0.1, -0.05) is 38.8 Å². The Labute approximate surface area is 158 Å². The van der Waals surface area contributed by atoms with Crippen LogP contribution in [0.1, 0.15) is 85.0 Å². The van der Waals surface area contributed by atoms with Gasteiger partial charge in [0.25, 0.3) is 0 Å². The third-order valence-corrected chi connectivity index (χ3v) is 4.16. The van der Waals surface area contributed by atoms with E-state index < -0.39 is 5.97 Å². The molecule has 150 valence electrons. The first-order valence-corrected chi connectivity index (χ1v) is 9.83. The lowest BCUT2D eigenvalue weighted by molar-refractivity contribution is -0.145. The molecule has 0 saturated heterocycles. The number of esters is 1. The fourth-order valence-electron chi connectivity index (χ4n) is 2.59. The molecule has 0 fully saturated rings. The number of rotatable bonds is 16. The molecule has 0 bridgehead atoms. The Kier molecular flexibility index (Phi) is 14.6. The Morgan fingerprint density at radius 2 is 1.69 bits per heavy atom. The van der Waals surface area contributed by atoms with Gasteiger partial charge < -0.3 is 14.6 Å². The summed E-state index contributed by atoms with van der Waals surface area (Å²) >= 11 is 0. The highest BCUT2D eigenvalue weighted by molar-refractivity contribution is 5.75. The van der Waals surface area contributed by atoms with Gasteiger partial charge in [0, 0.05) is 19.3 Å². The molecule has 1 N–H and O–H groups in total. The van der Waals surface area contributed by atoms with E-state index in [1.165, 1.54) is 0 Å². The van der Waals surface area contributed by atoms with Gasteiger partial charge >= 0.3 is 11.9 Å². The predicted molar refractivity (Wildman–Crippen MR) is 103 cm³/mol. The van der Waals surface area contributed by atoms with Crippen LogP contribution >= 0.6 is 0 Å². The number of hydrogen-bond acceptors (Lipinski definition) is 4. The van der Waals surface area contributed by atoms with Crippen LogP contribution in [0.2, 0.25) is 0 Å². The molecule has 0 heterocycles. The van der Waals surface area contributed by atoms with Gasteiger partial charge in [-0.25, -0.2) is 0 Å². The average Bonchev–Trinajstić information content (AvgIpc) is 2.51. The van der Waals surface area contributed by atoms with Crippen LogP contribution in [0.5, 0.6) is 0 Å². The largest absolute Gasteiger partial charge is 0.481 e. The number of allylic oxidation sites excluding steroid dienone is 2. The summed E-state index contributed by atoms with van der Waals surface area (Å²) in [7, 11) is 0. The lowest BCUT2D eigenvalue weighted by Gasteiger charge is -2.13. The van der Waals surface area contributed by atoms with Crippen molar-refractivity contribution >= 4 is 17.7 Å². The van der Waals surface area contributed by atoms with Crippen molar-refractivity contribution in [1.29, 1.82) is 0 Å². The normalized spacial score (nSPS) is 12.5. The van der Waals surface area contributed by atoms with Gasteiger partial charge in [-0.15, -0.1) is 0 Å². The van der Waals surface area contributed by atoms with Crippen LogP contribution in [0, 0.1) is 11.8 Å². The minimum Gasteiger partial charge on any atom is -0.481 e. The Morgan fingerprint density at radius 3 is 2.31 bits per heavy atom. The first kappa shape index (κ1) is 24.4. The molecule has 26 heavy (non-hydrogen) atoms. The van der Waals surface area contributed by atoms with Gasteiger partial charge in [-0.05, 0) is 50.9 Å². The fraction of sp³-hybridized carbons (Fsp3) is 0.762. The number of Topliss-reactive ketones (excluding diaryl/α,β-unsaturated/α-hetero) is 1. The van der Waals surface area contributed by atoms with E-state index in [4.69, 9.17) is 9.84 Å². The SMILES string of the molecule is CC(=O)CCCCCC/C=C/CC(CC(=O)O)CC(=O)OCCC(C)C. The summed E-state index contributed by atoms with van der Waals surface area (Å²) in [6.45, 7) is 6.15. The Morgan fingerprint density at radius 1 is 1.00 bits per heavy atom. The molecule has 5 heteroatoms. The van der Waals surface area contributed by atoms with Gasteiger partial charge in [-0.2, -0.15) is 0 Å². The number of carboxylic acid groups (broad SMARTS) is 1. The molecule has 5 nitrogen and oxygen atoms in total. The molecule has 0 aromatic rings. The summed E-state index contributed by atoms with van der Waals surface area (Å²) in [6, 6.07) is 0. The lowest BCUT2D eigenvalue weighted by Crippen LogP contribution is -2.15. The number of ketones is 1. The van der Waals surface area contributed by atoms with Crippen molar-refractivity contribution in [2.24, 2.45) is 11.8 Å². The fourth-order valence-corrected chi connectivity index (χ4v) is 2.59.